The molecule has 3 heterocycles. The number of H-pyrrole nitrogens is 1. The van der Waals surface area contributed by atoms with E-state index in [4.69, 9.17) is 4.74 Å². The number of hydrogen-bond acceptors (Lipinski definition) is 6. The van der Waals surface area contributed by atoms with Crippen LogP contribution in [0.5, 0.6) is 5.75 Å². The van der Waals surface area contributed by atoms with E-state index < -0.39 is 29.0 Å². The van der Waals surface area contributed by atoms with E-state index in [0.717, 1.165) is 27.6 Å². The summed E-state index contributed by atoms with van der Waals surface area (Å²) in [6.07, 6.45) is 0. The molecule has 2 aliphatic heterocycles. The maximum Gasteiger partial charge on any atom is 0.317 e. The Morgan fingerprint density at radius 3 is 2.75 bits per heavy atom. The van der Waals surface area contributed by atoms with Crippen LogP contribution in [0.25, 0.3) is 0 Å². The summed E-state index contributed by atoms with van der Waals surface area (Å²) in [5, 5.41) is 9.04. The molecule has 0 spiro atoms. The Balaban J connectivity index is 2.02. The molecule has 2 aromatic rings. The van der Waals surface area contributed by atoms with Crippen LogP contribution in [0.3, 0.4) is 0 Å². The number of carbonyl (C=O) groups is 2. The highest BCUT2D eigenvalue weighted by Gasteiger charge is 2.52. The monoisotopic (exact) mass is 491 g/mol. The fourth-order valence-corrected chi connectivity index (χ4v) is 6.78. The fraction of sp³-hybridized carbons (Fsp3) is 0.214. The van der Waals surface area contributed by atoms with Crippen molar-refractivity contribution in [3.8, 4) is 5.75 Å². The van der Waals surface area contributed by atoms with E-state index in [1.807, 2.05) is 0 Å². The minimum Gasteiger partial charge on any atom is -0.480 e. The molecule has 3 atom stereocenters. The van der Waals surface area contributed by atoms with Gasteiger partial charge in [-0.3, -0.25) is 14.4 Å². The van der Waals surface area contributed by atoms with Crippen LogP contribution in [0.2, 0.25) is 0 Å². The van der Waals surface area contributed by atoms with Gasteiger partial charge < -0.3 is 14.8 Å². The van der Waals surface area contributed by atoms with E-state index in [-0.39, 0.29) is 4.87 Å². The van der Waals surface area contributed by atoms with Gasteiger partial charge in [0.05, 0.1) is 15.4 Å². The van der Waals surface area contributed by atoms with Crippen molar-refractivity contribution in [3.05, 3.63) is 41.2 Å². The van der Waals surface area contributed by atoms with Gasteiger partial charge in [-0.15, -0.1) is 0 Å². The minimum absolute atomic E-state index is 0.271. The molecule has 0 amide bonds. The van der Waals surface area contributed by atoms with Gasteiger partial charge in [-0.05, 0) is 28.1 Å². The number of nitrogens with one attached hydrogen (secondary N) is 1. The molecule has 0 radical (unpaired) electrons. The van der Waals surface area contributed by atoms with Crippen molar-refractivity contribution >= 4 is 66.9 Å². The van der Waals surface area contributed by atoms with Gasteiger partial charge in [0.2, 0.25) is 0 Å². The number of benzene rings is 1. The second kappa shape index (κ2) is 5.72. The van der Waals surface area contributed by atoms with Gasteiger partial charge in [0.1, 0.15) is 11.0 Å². The third kappa shape index (κ3) is 2.39. The van der Waals surface area contributed by atoms with Crippen LogP contribution < -0.4 is 9.61 Å². The van der Waals surface area contributed by atoms with Gasteiger partial charge in [-0.1, -0.05) is 39.0 Å². The molecular formula is C14H7Br2NO5S2. The maximum absolute atomic E-state index is 12.5. The van der Waals surface area contributed by atoms with Crippen LogP contribution in [-0.2, 0) is 9.59 Å². The first kappa shape index (κ1) is 16.4. The lowest BCUT2D eigenvalue weighted by Gasteiger charge is -2.37. The van der Waals surface area contributed by atoms with Crippen LogP contribution in [-0.4, -0.2) is 27.3 Å². The van der Waals surface area contributed by atoms with Crippen LogP contribution in [0.1, 0.15) is 16.4 Å². The van der Waals surface area contributed by atoms with Crippen molar-refractivity contribution < 1.29 is 19.4 Å². The van der Waals surface area contributed by atoms with Crippen molar-refractivity contribution in [2.45, 2.75) is 16.2 Å². The molecule has 24 heavy (non-hydrogen) atoms. The fourth-order valence-electron chi connectivity index (χ4n) is 3.04. The summed E-state index contributed by atoms with van der Waals surface area (Å²) in [6.45, 7) is 0. The SMILES string of the molecule is O=C1Oc2c(Br)cc(Br)cc2[C@H]2c3sc(=O)[nH]c3S[C@@H](C(=O)O)[C@H]12. The molecule has 1 aromatic carbocycles. The Morgan fingerprint density at radius 2 is 2.04 bits per heavy atom. The molecule has 0 saturated heterocycles. The molecule has 0 unspecified atom stereocenters. The zero-order chi connectivity index (χ0) is 17.2. The van der Waals surface area contributed by atoms with Crippen LogP contribution >= 0.6 is 55.0 Å². The highest BCUT2D eigenvalue weighted by molar-refractivity contribution is 9.11. The number of aromatic nitrogens is 1. The van der Waals surface area contributed by atoms with Crippen LogP contribution in [0.15, 0.2) is 30.9 Å². The van der Waals surface area contributed by atoms with E-state index in [9.17, 15) is 19.5 Å². The summed E-state index contributed by atoms with van der Waals surface area (Å²) in [4.78, 5) is 39.1. The number of aromatic amines is 1. The number of carbonyl (C=O) groups excluding carboxylic acids is 1. The molecule has 1 aromatic heterocycles. The number of carboxylic acid groups (broad SMARTS) is 1. The predicted molar refractivity (Wildman–Crippen MR) is 95.0 cm³/mol. The zero-order valence-corrected chi connectivity index (χ0v) is 16.3. The lowest BCUT2D eigenvalue weighted by atomic mass is 9.80. The summed E-state index contributed by atoms with van der Waals surface area (Å²) in [7, 11) is 0. The highest BCUT2D eigenvalue weighted by Crippen LogP contribution is 2.55. The number of aliphatic carboxylic acids is 1. The topological polar surface area (TPSA) is 96.5 Å². The minimum atomic E-state index is -1.11. The number of esters is 1. The number of ether oxygens (including phenoxy) is 1. The van der Waals surface area contributed by atoms with Gasteiger partial charge in [0.15, 0.2) is 0 Å². The Morgan fingerprint density at radius 1 is 1.29 bits per heavy atom. The summed E-state index contributed by atoms with van der Waals surface area (Å²) in [6, 6.07) is 3.55. The van der Waals surface area contributed by atoms with Gasteiger partial charge in [-0.25, -0.2) is 0 Å². The van der Waals surface area contributed by atoms with E-state index >= 15 is 0 Å². The van der Waals surface area contributed by atoms with Crippen molar-refractivity contribution in [3.63, 3.8) is 0 Å². The normalized spacial score (nSPS) is 24.6. The largest absolute Gasteiger partial charge is 0.480 e. The third-order valence-corrected chi connectivity index (χ3v) is 7.39. The third-order valence-electron chi connectivity index (χ3n) is 3.94. The first-order chi connectivity index (χ1) is 11.4. The van der Waals surface area contributed by atoms with Gasteiger partial charge >= 0.3 is 16.8 Å². The standard InChI is InChI=1S/C14H7Br2NO5S2/c15-3-1-4-6-7(13(20)22-8(4)5(16)2-3)10(12(18)19)23-11-9(6)24-14(21)17-11/h1-2,6-7,10H,(H,17,21)(H,18,19)/t6-,7-,10-/m1/s1. The van der Waals surface area contributed by atoms with Crippen LogP contribution in [0.4, 0.5) is 0 Å². The maximum atomic E-state index is 12.5. The molecule has 2 aliphatic rings. The zero-order valence-electron chi connectivity index (χ0n) is 11.5. The number of thioether (sulfide) groups is 1. The number of fused-ring (bicyclic) bond motifs is 5. The molecule has 0 bridgehead atoms. The Hall–Kier alpha value is -1.10. The van der Waals surface area contributed by atoms with E-state index in [1.54, 1.807) is 12.1 Å². The molecule has 0 aliphatic carbocycles. The summed E-state index contributed by atoms with van der Waals surface area (Å²) < 4.78 is 6.78. The average molecular weight is 493 g/mol. The second-order valence-electron chi connectivity index (χ2n) is 5.32. The Bertz CT molecular complexity index is 953. The van der Waals surface area contributed by atoms with Crippen molar-refractivity contribution in [1.82, 2.24) is 4.98 Å². The summed E-state index contributed by atoms with van der Waals surface area (Å²) >= 11 is 8.77. The predicted octanol–water partition coefficient (Wildman–Crippen LogP) is 3.19. The highest BCUT2D eigenvalue weighted by atomic mass is 79.9. The first-order valence-electron chi connectivity index (χ1n) is 6.70. The van der Waals surface area contributed by atoms with Crippen molar-refractivity contribution in [2.24, 2.45) is 5.92 Å². The number of thiazole rings is 1. The molecule has 2 N–H and O–H groups in total. The molecule has 6 nitrogen and oxygen atoms in total. The number of hydrogen-bond donors (Lipinski definition) is 2. The van der Waals surface area contributed by atoms with E-state index in [2.05, 4.69) is 36.8 Å². The van der Waals surface area contributed by atoms with Gasteiger partial charge in [-0.2, -0.15) is 0 Å². The Kier molecular flexibility index (Phi) is 3.90. The smallest absolute Gasteiger partial charge is 0.317 e. The average Bonchev–Trinajstić information content (AvgIpc) is 2.87. The van der Waals surface area contributed by atoms with E-state index in [0.29, 0.717) is 25.7 Å². The van der Waals surface area contributed by atoms with Crippen LogP contribution in [0, 0.1) is 5.92 Å². The number of rotatable bonds is 1. The van der Waals surface area contributed by atoms with E-state index in [1.165, 1.54) is 0 Å². The van der Waals surface area contributed by atoms with Crippen molar-refractivity contribution in [2.75, 3.05) is 0 Å². The lowest BCUT2D eigenvalue weighted by molar-refractivity contribution is -0.147. The summed E-state index contributed by atoms with van der Waals surface area (Å²) in [5.41, 5.74) is 0.684. The molecule has 0 saturated carbocycles. The molecule has 0 fully saturated rings. The lowest BCUT2D eigenvalue weighted by Crippen LogP contribution is -2.44. The quantitative estimate of drug-likeness (QED) is 0.468. The number of halogens is 2. The van der Waals surface area contributed by atoms with Gasteiger partial charge in [0, 0.05) is 20.8 Å². The van der Waals surface area contributed by atoms with Gasteiger partial charge in [0.25, 0.3) is 0 Å². The second-order valence-corrected chi connectivity index (χ2v) is 9.25. The molecule has 4 rings (SSSR count). The molecule has 124 valence electrons. The Labute approximate surface area is 159 Å². The number of carboxylic acids is 1. The molecular weight excluding hydrogens is 486 g/mol. The molecule has 10 heteroatoms. The summed E-state index contributed by atoms with van der Waals surface area (Å²) in [5.74, 6) is -2.76. The van der Waals surface area contributed by atoms with Crippen molar-refractivity contribution in [1.29, 1.82) is 0 Å². The first-order valence-corrected chi connectivity index (χ1v) is 9.98.